The number of aromatic nitrogens is 2. The van der Waals surface area contributed by atoms with Gasteiger partial charge in [-0.3, -0.25) is 0 Å². The average molecular weight is 307 g/mol. The maximum Gasteiger partial charge on any atom is 0.231 e. The Morgan fingerprint density at radius 3 is 2.76 bits per heavy atom. The Balaban J connectivity index is 1.61. The van der Waals surface area contributed by atoms with Crippen molar-refractivity contribution in [1.29, 1.82) is 0 Å². The van der Waals surface area contributed by atoms with Crippen molar-refractivity contribution in [3.8, 4) is 0 Å². The molecule has 1 aliphatic carbocycles. The third-order valence-electron chi connectivity index (χ3n) is 3.80. The molecule has 0 saturated heterocycles. The minimum atomic E-state index is -0.229. The quantitative estimate of drug-likeness (QED) is 0.876. The van der Waals surface area contributed by atoms with E-state index in [0.29, 0.717) is 17.5 Å². The standard InChI is InChI=1S/C15H18FN3OS/c16-10-5-7-11(8-6-10)21-9-14-18-15(20-19-14)12-3-1-2-4-13(12)17/h5-8,12-13H,1-4,9,17H2. The molecule has 3 rings (SSSR count). The lowest BCUT2D eigenvalue weighted by Crippen LogP contribution is -2.31. The fourth-order valence-corrected chi connectivity index (χ4v) is 3.36. The zero-order valence-electron chi connectivity index (χ0n) is 11.7. The predicted octanol–water partition coefficient (Wildman–Crippen LogP) is 3.49. The number of hydrogen-bond donors (Lipinski definition) is 1. The summed E-state index contributed by atoms with van der Waals surface area (Å²) in [6, 6.07) is 6.52. The molecule has 0 amide bonds. The molecule has 0 bridgehead atoms. The molecule has 0 aliphatic heterocycles. The zero-order chi connectivity index (χ0) is 14.7. The summed E-state index contributed by atoms with van der Waals surface area (Å²) in [5, 5.41) is 4.02. The van der Waals surface area contributed by atoms with Gasteiger partial charge in [0.2, 0.25) is 5.89 Å². The molecule has 1 heterocycles. The summed E-state index contributed by atoms with van der Waals surface area (Å²) in [6.45, 7) is 0. The van der Waals surface area contributed by atoms with E-state index < -0.39 is 0 Å². The second-order valence-corrected chi connectivity index (χ2v) is 6.39. The first-order chi connectivity index (χ1) is 10.2. The summed E-state index contributed by atoms with van der Waals surface area (Å²) in [6.07, 6.45) is 4.39. The number of halogens is 1. The fraction of sp³-hybridized carbons (Fsp3) is 0.467. The number of nitrogens with zero attached hydrogens (tertiary/aromatic N) is 2. The molecule has 1 fully saturated rings. The van der Waals surface area contributed by atoms with Crippen LogP contribution < -0.4 is 5.73 Å². The van der Waals surface area contributed by atoms with Crippen LogP contribution in [-0.2, 0) is 5.75 Å². The third-order valence-corrected chi connectivity index (χ3v) is 4.81. The van der Waals surface area contributed by atoms with Gasteiger partial charge < -0.3 is 10.3 Å². The molecule has 112 valence electrons. The first kappa shape index (κ1) is 14.5. The lowest BCUT2D eigenvalue weighted by Gasteiger charge is -2.25. The van der Waals surface area contributed by atoms with Crippen molar-refractivity contribution in [2.24, 2.45) is 5.73 Å². The Labute approximate surface area is 127 Å². The smallest absolute Gasteiger partial charge is 0.231 e. The van der Waals surface area contributed by atoms with Crippen molar-refractivity contribution >= 4 is 11.8 Å². The van der Waals surface area contributed by atoms with Crippen molar-refractivity contribution in [2.45, 2.75) is 48.3 Å². The van der Waals surface area contributed by atoms with E-state index in [0.717, 1.165) is 17.7 Å². The van der Waals surface area contributed by atoms with Crippen molar-refractivity contribution in [3.63, 3.8) is 0 Å². The molecular formula is C15H18FN3OS. The Hall–Kier alpha value is -1.40. The first-order valence-corrected chi connectivity index (χ1v) is 8.17. The maximum absolute atomic E-state index is 12.8. The van der Waals surface area contributed by atoms with Gasteiger partial charge in [0.1, 0.15) is 5.82 Å². The van der Waals surface area contributed by atoms with Gasteiger partial charge in [0, 0.05) is 10.9 Å². The highest BCUT2D eigenvalue weighted by Gasteiger charge is 2.28. The molecule has 1 aromatic carbocycles. The van der Waals surface area contributed by atoms with Crippen LogP contribution in [0.15, 0.2) is 33.7 Å². The van der Waals surface area contributed by atoms with Crippen LogP contribution in [0, 0.1) is 5.82 Å². The molecule has 2 atom stereocenters. The molecule has 1 aromatic heterocycles. The molecule has 1 aliphatic rings. The van der Waals surface area contributed by atoms with E-state index in [9.17, 15) is 4.39 Å². The van der Waals surface area contributed by atoms with Gasteiger partial charge in [-0.1, -0.05) is 18.0 Å². The van der Waals surface area contributed by atoms with Crippen LogP contribution in [0.3, 0.4) is 0 Å². The second kappa shape index (κ2) is 6.58. The Morgan fingerprint density at radius 2 is 2.00 bits per heavy atom. The summed E-state index contributed by atoms with van der Waals surface area (Å²) in [5.74, 6) is 1.90. The van der Waals surface area contributed by atoms with Gasteiger partial charge in [0.05, 0.1) is 11.7 Å². The first-order valence-electron chi connectivity index (χ1n) is 7.19. The van der Waals surface area contributed by atoms with Crippen LogP contribution in [0.4, 0.5) is 4.39 Å². The summed E-state index contributed by atoms with van der Waals surface area (Å²) < 4.78 is 18.2. The van der Waals surface area contributed by atoms with E-state index >= 15 is 0 Å². The van der Waals surface area contributed by atoms with Crippen LogP contribution in [0.2, 0.25) is 0 Å². The minimum Gasteiger partial charge on any atom is -0.339 e. The van der Waals surface area contributed by atoms with Crippen LogP contribution in [0.5, 0.6) is 0 Å². The van der Waals surface area contributed by atoms with Crippen LogP contribution >= 0.6 is 11.8 Å². The molecular weight excluding hydrogens is 289 g/mol. The van der Waals surface area contributed by atoms with Crippen molar-refractivity contribution in [1.82, 2.24) is 10.1 Å². The molecule has 4 nitrogen and oxygen atoms in total. The van der Waals surface area contributed by atoms with Crippen LogP contribution in [-0.4, -0.2) is 16.2 Å². The fourth-order valence-electron chi connectivity index (χ4n) is 2.62. The normalized spacial score (nSPS) is 22.4. The van der Waals surface area contributed by atoms with E-state index in [4.69, 9.17) is 10.3 Å². The molecule has 2 aromatic rings. The number of benzene rings is 1. The molecule has 2 N–H and O–H groups in total. The monoisotopic (exact) mass is 307 g/mol. The predicted molar refractivity (Wildman–Crippen MR) is 79.4 cm³/mol. The third kappa shape index (κ3) is 3.63. The van der Waals surface area contributed by atoms with Gasteiger partial charge in [-0.25, -0.2) is 4.39 Å². The summed E-state index contributed by atoms with van der Waals surface area (Å²) in [5.41, 5.74) is 6.13. The second-order valence-electron chi connectivity index (χ2n) is 5.35. The Morgan fingerprint density at radius 1 is 1.24 bits per heavy atom. The minimum absolute atomic E-state index is 0.122. The van der Waals surface area contributed by atoms with E-state index in [1.54, 1.807) is 23.9 Å². The zero-order valence-corrected chi connectivity index (χ0v) is 12.5. The van der Waals surface area contributed by atoms with E-state index in [-0.39, 0.29) is 17.8 Å². The van der Waals surface area contributed by atoms with Crippen LogP contribution in [0.25, 0.3) is 0 Å². The number of nitrogens with two attached hydrogens (primary N) is 1. The summed E-state index contributed by atoms with van der Waals surface area (Å²) in [4.78, 5) is 5.45. The number of hydrogen-bond acceptors (Lipinski definition) is 5. The van der Waals surface area contributed by atoms with Crippen molar-refractivity contribution < 1.29 is 8.91 Å². The number of rotatable bonds is 4. The highest BCUT2D eigenvalue weighted by Crippen LogP contribution is 2.31. The van der Waals surface area contributed by atoms with E-state index in [1.165, 1.54) is 25.0 Å². The van der Waals surface area contributed by atoms with Crippen LogP contribution in [0.1, 0.15) is 43.3 Å². The molecule has 2 unspecified atom stereocenters. The van der Waals surface area contributed by atoms with Crippen molar-refractivity contribution in [2.75, 3.05) is 0 Å². The van der Waals surface area contributed by atoms with E-state index in [1.807, 2.05) is 0 Å². The largest absolute Gasteiger partial charge is 0.339 e. The Kier molecular flexibility index (Phi) is 4.55. The molecule has 6 heteroatoms. The van der Waals surface area contributed by atoms with Gasteiger partial charge in [-0.15, -0.1) is 11.8 Å². The molecule has 21 heavy (non-hydrogen) atoms. The Bertz CT molecular complexity index is 587. The molecule has 1 saturated carbocycles. The summed E-state index contributed by atoms with van der Waals surface area (Å²) >= 11 is 1.56. The topological polar surface area (TPSA) is 64.9 Å². The molecule has 0 radical (unpaired) electrons. The van der Waals surface area contributed by atoms with Crippen molar-refractivity contribution in [3.05, 3.63) is 41.8 Å². The summed E-state index contributed by atoms with van der Waals surface area (Å²) in [7, 11) is 0. The van der Waals surface area contributed by atoms with Gasteiger partial charge >= 0.3 is 0 Å². The SMILES string of the molecule is NC1CCCCC1c1nc(CSc2ccc(F)cc2)no1. The lowest BCUT2D eigenvalue weighted by molar-refractivity contribution is 0.289. The number of thioether (sulfide) groups is 1. The lowest BCUT2D eigenvalue weighted by atomic mass is 9.85. The van der Waals surface area contributed by atoms with Gasteiger partial charge in [0.25, 0.3) is 0 Å². The highest BCUT2D eigenvalue weighted by molar-refractivity contribution is 7.98. The maximum atomic E-state index is 12.8. The highest BCUT2D eigenvalue weighted by atomic mass is 32.2. The van der Waals surface area contributed by atoms with Gasteiger partial charge in [0.15, 0.2) is 5.82 Å². The average Bonchev–Trinajstić information content (AvgIpc) is 2.96. The van der Waals surface area contributed by atoms with Gasteiger partial charge in [-0.05, 0) is 37.1 Å². The molecule has 0 spiro atoms. The van der Waals surface area contributed by atoms with E-state index in [2.05, 4.69) is 10.1 Å². The van der Waals surface area contributed by atoms with Gasteiger partial charge in [-0.2, -0.15) is 4.98 Å².